The van der Waals surface area contributed by atoms with Crippen LogP contribution in [0.5, 0.6) is 0 Å². The largest absolute Gasteiger partial charge is 0.465 e. The van der Waals surface area contributed by atoms with Crippen molar-refractivity contribution in [2.45, 2.75) is 75.4 Å². The summed E-state index contributed by atoms with van der Waals surface area (Å²) < 4.78 is 81.5. The van der Waals surface area contributed by atoms with E-state index in [4.69, 9.17) is 4.74 Å². The lowest BCUT2D eigenvalue weighted by molar-refractivity contribution is -0.138. The number of anilines is 1. The zero-order valence-electron chi connectivity index (χ0n) is 21.7. The van der Waals surface area contributed by atoms with Crippen molar-refractivity contribution in [3.8, 4) is 11.1 Å². The molecule has 2 aromatic heterocycles. The van der Waals surface area contributed by atoms with Crippen LogP contribution in [0.4, 0.5) is 27.8 Å². The van der Waals surface area contributed by atoms with E-state index in [0.717, 1.165) is 56.3 Å². The molecule has 2 saturated heterocycles. The quantitative estimate of drug-likeness (QED) is 0.255. The lowest BCUT2D eigenvalue weighted by Gasteiger charge is -2.40. The highest BCUT2D eigenvalue weighted by atomic mass is 19.4. The Bertz CT molecular complexity index is 1400. The lowest BCUT2D eigenvalue weighted by atomic mass is 9.98. The number of alkyl halides is 3. The van der Waals surface area contributed by atoms with Gasteiger partial charge in [0.25, 0.3) is 0 Å². The molecule has 0 amide bonds. The Morgan fingerprint density at radius 3 is 2.38 bits per heavy atom. The third-order valence-corrected chi connectivity index (χ3v) is 8.26. The minimum Gasteiger partial charge on any atom is -0.465 e. The number of methoxy groups -OCH3 is 1. The van der Waals surface area contributed by atoms with Crippen LogP contribution >= 0.6 is 0 Å². The molecule has 6 rings (SSSR count). The van der Waals surface area contributed by atoms with Gasteiger partial charge in [-0.15, -0.1) is 0 Å². The average molecular weight is 562 g/mol. The van der Waals surface area contributed by atoms with E-state index in [1.54, 1.807) is 6.20 Å². The molecular formula is C29H28F5N3O3. The molecule has 1 aliphatic carbocycles. The fraction of sp³-hybridized carbons (Fsp3) is 0.448. The summed E-state index contributed by atoms with van der Waals surface area (Å²) in [4.78, 5) is 21.2. The number of rotatable bonds is 7. The van der Waals surface area contributed by atoms with Gasteiger partial charge in [0, 0.05) is 41.3 Å². The predicted molar refractivity (Wildman–Crippen MR) is 136 cm³/mol. The van der Waals surface area contributed by atoms with Crippen molar-refractivity contribution in [3.05, 3.63) is 70.7 Å². The number of hydrogen-bond acceptors (Lipinski definition) is 5. The molecule has 2 bridgehead atoms. The van der Waals surface area contributed by atoms with E-state index in [2.05, 4.69) is 14.7 Å². The number of pyridine rings is 1. The number of H-pyrrole nitrogens is 1. The van der Waals surface area contributed by atoms with Gasteiger partial charge in [-0.1, -0.05) is 6.07 Å². The Hall–Kier alpha value is -3.47. The van der Waals surface area contributed by atoms with Crippen LogP contribution in [0.1, 0.15) is 71.6 Å². The van der Waals surface area contributed by atoms with Gasteiger partial charge in [0.05, 0.1) is 36.5 Å². The normalized spacial score (nSPS) is 22.6. The summed E-state index contributed by atoms with van der Waals surface area (Å²) in [7, 11) is 1.03. The second-order valence-corrected chi connectivity index (χ2v) is 10.7. The molecule has 11 heteroatoms. The van der Waals surface area contributed by atoms with Gasteiger partial charge in [-0.3, -0.25) is 0 Å². The van der Waals surface area contributed by atoms with Gasteiger partial charge in [-0.25, -0.2) is 18.6 Å². The number of fused-ring (bicyclic) bond motifs is 2. The molecule has 3 fully saturated rings. The van der Waals surface area contributed by atoms with Gasteiger partial charge in [0.1, 0.15) is 17.5 Å². The lowest BCUT2D eigenvalue weighted by Crippen LogP contribution is -2.46. The zero-order chi connectivity index (χ0) is 28.2. The summed E-state index contributed by atoms with van der Waals surface area (Å²) >= 11 is 0. The van der Waals surface area contributed by atoms with E-state index in [1.807, 2.05) is 4.90 Å². The summed E-state index contributed by atoms with van der Waals surface area (Å²) in [6.07, 6.45) is 2.34. The summed E-state index contributed by atoms with van der Waals surface area (Å²) in [5, 5.41) is 0. The van der Waals surface area contributed by atoms with Crippen molar-refractivity contribution in [2.75, 3.05) is 12.0 Å². The van der Waals surface area contributed by atoms with E-state index in [9.17, 15) is 26.7 Å². The minimum absolute atomic E-state index is 0.0823. The average Bonchev–Trinajstić information content (AvgIpc) is 3.63. The maximum atomic E-state index is 14.6. The summed E-state index contributed by atoms with van der Waals surface area (Å²) in [5.74, 6) is -1.89. The minimum atomic E-state index is -4.74. The van der Waals surface area contributed by atoms with Crippen LogP contribution in [-0.4, -0.2) is 41.2 Å². The van der Waals surface area contributed by atoms with Crippen LogP contribution in [0.2, 0.25) is 0 Å². The number of nitrogens with zero attached hydrogens (tertiary/aromatic N) is 2. The van der Waals surface area contributed by atoms with Gasteiger partial charge >= 0.3 is 12.1 Å². The highest BCUT2D eigenvalue weighted by molar-refractivity contribution is 5.91. The summed E-state index contributed by atoms with van der Waals surface area (Å²) in [6.45, 7) is 0.173. The maximum absolute atomic E-state index is 14.6. The van der Waals surface area contributed by atoms with Crippen molar-refractivity contribution < 1.29 is 36.2 Å². The first kappa shape index (κ1) is 26.7. The number of esters is 1. The Morgan fingerprint density at radius 1 is 1.10 bits per heavy atom. The first-order chi connectivity index (χ1) is 19.2. The highest BCUT2D eigenvalue weighted by Gasteiger charge is 2.44. The number of aromatic nitrogens is 2. The topological polar surface area (TPSA) is 67.4 Å². The van der Waals surface area contributed by atoms with Crippen molar-refractivity contribution in [2.24, 2.45) is 0 Å². The van der Waals surface area contributed by atoms with Crippen molar-refractivity contribution >= 4 is 11.8 Å². The fourth-order valence-electron chi connectivity index (χ4n) is 6.27. The van der Waals surface area contributed by atoms with Crippen LogP contribution in [0.25, 0.3) is 11.1 Å². The van der Waals surface area contributed by atoms with Crippen molar-refractivity contribution in [3.63, 3.8) is 0 Å². The number of aromatic amines is 1. The standard InChI is InChI=1S/C29H28F5N3O3/c1-39-28(38)20-13-35-25(11-22(20)29(32,33)34)37-16-7-8-17(37)10-18(9-16)40-14-21-19(12-36-27(21)15-5-6-15)26-23(30)3-2-4-24(26)31/h2-4,11-13,15-18,36H,5-10,14H2,1H3. The third-order valence-electron chi connectivity index (χ3n) is 8.26. The number of hydrogen-bond donors (Lipinski definition) is 1. The third kappa shape index (κ3) is 4.84. The first-order valence-electron chi connectivity index (χ1n) is 13.4. The highest BCUT2D eigenvalue weighted by Crippen LogP contribution is 2.46. The molecule has 0 spiro atoms. The SMILES string of the molecule is COC(=O)c1cnc(N2C3CCC2CC(OCc2c(-c4c(F)cccc4F)c[nH]c2C2CC2)C3)cc1C(F)(F)F. The number of carbonyl (C=O) groups excluding carboxylic acids is 1. The molecule has 212 valence electrons. The molecule has 1 aromatic carbocycles. The van der Waals surface area contributed by atoms with Gasteiger partial charge in [-0.2, -0.15) is 13.2 Å². The number of ether oxygens (including phenoxy) is 2. The molecule has 3 aromatic rings. The molecule has 2 atom stereocenters. The van der Waals surface area contributed by atoms with Crippen LogP contribution in [0, 0.1) is 11.6 Å². The Kier molecular flexibility index (Phi) is 6.80. The molecule has 4 heterocycles. The molecule has 6 nitrogen and oxygen atoms in total. The monoisotopic (exact) mass is 561 g/mol. The number of piperidine rings is 1. The summed E-state index contributed by atoms with van der Waals surface area (Å²) in [6, 6.07) is 4.55. The maximum Gasteiger partial charge on any atom is 0.417 e. The van der Waals surface area contributed by atoms with E-state index >= 15 is 0 Å². The van der Waals surface area contributed by atoms with Crippen LogP contribution in [0.15, 0.2) is 36.7 Å². The molecule has 0 radical (unpaired) electrons. The molecular weight excluding hydrogens is 533 g/mol. The Labute approximate surface area is 227 Å². The molecule has 2 unspecified atom stereocenters. The molecule has 2 aliphatic heterocycles. The number of benzene rings is 1. The zero-order valence-corrected chi connectivity index (χ0v) is 21.7. The molecule has 1 saturated carbocycles. The first-order valence-corrected chi connectivity index (χ1v) is 13.4. The molecule has 3 aliphatic rings. The Morgan fingerprint density at radius 2 is 1.77 bits per heavy atom. The van der Waals surface area contributed by atoms with Gasteiger partial charge in [0.2, 0.25) is 0 Å². The van der Waals surface area contributed by atoms with E-state index in [-0.39, 0.29) is 36.2 Å². The second kappa shape index (κ2) is 10.2. The van der Waals surface area contributed by atoms with Gasteiger partial charge in [-0.05, 0) is 62.6 Å². The fourth-order valence-corrected chi connectivity index (χ4v) is 6.27. The van der Waals surface area contributed by atoms with E-state index < -0.39 is 34.9 Å². The summed E-state index contributed by atoms with van der Waals surface area (Å²) in [5.41, 5.74) is 0.358. The van der Waals surface area contributed by atoms with E-state index in [0.29, 0.717) is 24.3 Å². The van der Waals surface area contributed by atoms with E-state index in [1.165, 1.54) is 18.2 Å². The number of carbonyl (C=O) groups is 1. The smallest absolute Gasteiger partial charge is 0.417 e. The Balaban J connectivity index is 1.21. The van der Waals surface area contributed by atoms with Crippen molar-refractivity contribution in [1.82, 2.24) is 9.97 Å². The molecule has 1 N–H and O–H groups in total. The van der Waals surface area contributed by atoms with Gasteiger partial charge in [0.15, 0.2) is 0 Å². The molecule has 40 heavy (non-hydrogen) atoms. The number of nitrogens with one attached hydrogen (secondary N) is 1. The van der Waals surface area contributed by atoms with Crippen molar-refractivity contribution in [1.29, 1.82) is 0 Å². The van der Waals surface area contributed by atoms with Crippen LogP contribution < -0.4 is 4.90 Å². The van der Waals surface area contributed by atoms with Gasteiger partial charge < -0.3 is 19.4 Å². The second-order valence-electron chi connectivity index (χ2n) is 10.7. The van der Waals surface area contributed by atoms with Crippen LogP contribution in [-0.2, 0) is 22.3 Å². The predicted octanol–water partition coefficient (Wildman–Crippen LogP) is 6.75. The van der Waals surface area contributed by atoms with Crippen LogP contribution in [0.3, 0.4) is 0 Å². The number of halogens is 5.